The molecule has 2 N–H and O–H groups in total. The fourth-order valence-electron chi connectivity index (χ4n) is 1.65. The van der Waals surface area contributed by atoms with E-state index in [2.05, 4.69) is 12.2 Å². The first-order valence-electron chi connectivity index (χ1n) is 4.98. The first-order chi connectivity index (χ1) is 6.54. The Kier molecular flexibility index (Phi) is 3.72. The van der Waals surface area contributed by atoms with Crippen LogP contribution in [0.15, 0.2) is 10.5 Å². The minimum Gasteiger partial charge on any atom is -0.466 e. The summed E-state index contributed by atoms with van der Waals surface area (Å²) in [4.78, 5) is 0. The van der Waals surface area contributed by atoms with Crippen LogP contribution in [0.2, 0.25) is 0 Å². The molecule has 0 radical (unpaired) electrons. The van der Waals surface area contributed by atoms with Gasteiger partial charge in [-0.1, -0.05) is 0 Å². The van der Waals surface area contributed by atoms with Crippen LogP contribution in [0.5, 0.6) is 0 Å². The SMILES string of the molecule is Cc1cc(C(C)N[C@H](C)CO)c(C)o1. The van der Waals surface area contributed by atoms with Gasteiger partial charge in [0.1, 0.15) is 11.5 Å². The summed E-state index contributed by atoms with van der Waals surface area (Å²) in [7, 11) is 0. The van der Waals surface area contributed by atoms with Gasteiger partial charge in [-0.15, -0.1) is 0 Å². The molecule has 1 rings (SSSR count). The zero-order chi connectivity index (χ0) is 10.7. The summed E-state index contributed by atoms with van der Waals surface area (Å²) in [5.41, 5.74) is 1.17. The van der Waals surface area contributed by atoms with Crippen LogP contribution in [0.25, 0.3) is 0 Å². The number of rotatable bonds is 4. The number of furan rings is 1. The van der Waals surface area contributed by atoms with Crippen molar-refractivity contribution in [1.29, 1.82) is 0 Å². The molecule has 1 aromatic heterocycles. The summed E-state index contributed by atoms with van der Waals surface area (Å²) in [6, 6.07) is 2.37. The molecule has 14 heavy (non-hydrogen) atoms. The van der Waals surface area contributed by atoms with Crippen molar-refractivity contribution in [3.05, 3.63) is 23.2 Å². The summed E-state index contributed by atoms with van der Waals surface area (Å²) < 4.78 is 5.45. The Hall–Kier alpha value is -0.800. The maximum atomic E-state index is 8.92. The lowest BCUT2D eigenvalue weighted by Gasteiger charge is -2.17. The van der Waals surface area contributed by atoms with E-state index < -0.39 is 0 Å². The van der Waals surface area contributed by atoms with E-state index in [4.69, 9.17) is 9.52 Å². The maximum Gasteiger partial charge on any atom is 0.105 e. The quantitative estimate of drug-likeness (QED) is 0.775. The van der Waals surface area contributed by atoms with E-state index in [0.29, 0.717) is 0 Å². The highest BCUT2D eigenvalue weighted by Crippen LogP contribution is 2.21. The van der Waals surface area contributed by atoms with E-state index in [1.165, 1.54) is 5.56 Å². The van der Waals surface area contributed by atoms with Crippen LogP contribution in [-0.4, -0.2) is 17.8 Å². The van der Waals surface area contributed by atoms with Gasteiger partial charge < -0.3 is 14.8 Å². The maximum absolute atomic E-state index is 8.92. The van der Waals surface area contributed by atoms with Gasteiger partial charge in [0.25, 0.3) is 0 Å². The number of hydrogen-bond acceptors (Lipinski definition) is 3. The summed E-state index contributed by atoms with van der Waals surface area (Å²) in [6.45, 7) is 8.09. The second-order valence-corrected chi connectivity index (χ2v) is 3.84. The van der Waals surface area contributed by atoms with E-state index in [-0.39, 0.29) is 18.7 Å². The summed E-state index contributed by atoms with van der Waals surface area (Å²) in [5.74, 6) is 1.88. The number of hydrogen-bond donors (Lipinski definition) is 2. The van der Waals surface area contributed by atoms with Gasteiger partial charge in [-0.05, 0) is 33.8 Å². The summed E-state index contributed by atoms with van der Waals surface area (Å²) in [6.07, 6.45) is 0. The average Bonchev–Trinajstić information content (AvgIpc) is 2.45. The molecule has 3 nitrogen and oxygen atoms in total. The third kappa shape index (κ3) is 2.59. The highest BCUT2D eigenvalue weighted by atomic mass is 16.3. The highest BCUT2D eigenvalue weighted by molar-refractivity contribution is 5.23. The minimum atomic E-state index is 0.111. The fourth-order valence-corrected chi connectivity index (χ4v) is 1.65. The lowest BCUT2D eigenvalue weighted by atomic mass is 10.1. The van der Waals surface area contributed by atoms with E-state index in [1.807, 2.05) is 26.8 Å². The van der Waals surface area contributed by atoms with Gasteiger partial charge in [-0.3, -0.25) is 0 Å². The molecule has 80 valence electrons. The van der Waals surface area contributed by atoms with Gasteiger partial charge in [-0.25, -0.2) is 0 Å². The van der Waals surface area contributed by atoms with E-state index in [0.717, 1.165) is 11.5 Å². The fraction of sp³-hybridized carbons (Fsp3) is 0.636. The molecule has 0 aliphatic carbocycles. The lowest BCUT2D eigenvalue weighted by molar-refractivity contribution is 0.243. The normalized spacial score (nSPS) is 15.5. The molecule has 2 atom stereocenters. The van der Waals surface area contributed by atoms with Crippen molar-refractivity contribution in [3.8, 4) is 0 Å². The topological polar surface area (TPSA) is 45.4 Å². The van der Waals surface area contributed by atoms with Gasteiger partial charge in [0, 0.05) is 17.6 Å². The van der Waals surface area contributed by atoms with Gasteiger partial charge in [0.2, 0.25) is 0 Å². The molecular formula is C11H19NO2. The third-order valence-corrected chi connectivity index (χ3v) is 2.35. The van der Waals surface area contributed by atoms with Gasteiger partial charge in [0.15, 0.2) is 0 Å². The van der Waals surface area contributed by atoms with Crippen molar-refractivity contribution in [2.45, 2.75) is 39.8 Å². The number of aliphatic hydroxyl groups excluding tert-OH is 1. The first kappa shape index (κ1) is 11.3. The molecule has 0 amide bonds. The van der Waals surface area contributed by atoms with Crippen molar-refractivity contribution in [2.24, 2.45) is 0 Å². The Morgan fingerprint density at radius 2 is 2.07 bits per heavy atom. The Morgan fingerprint density at radius 1 is 1.43 bits per heavy atom. The van der Waals surface area contributed by atoms with Crippen LogP contribution in [0.3, 0.4) is 0 Å². The van der Waals surface area contributed by atoms with Crippen molar-refractivity contribution in [1.82, 2.24) is 5.32 Å². The summed E-state index contributed by atoms with van der Waals surface area (Å²) in [5, 5.41) is 12.2. The number of aliphatic hydroxyl groups is 1. The Bertz CT molecular complexity index is 293. The highest BCUT2D eigenvalue weighted by Gasteiger charge is 2.13. The smallest absolute Gasteiger partial charge is 0.105 e. The Balaban J connectivity index is 2.69. The predicted molar refractivity (Wildman–Crippen MR) is 56.3 cm³/mol. The van der Waals surface area contributed by atoms with Crippen molar-refractivity contribution >= 4 is 0 Å². The van der Waals surface area contributed by atoms with Crippen molar-refractivity contribution in [3.63, 3.8) is 0 Å². The molecule has 0 aliphatic rings. The van der Waals surface area contributed by atoms with E-state index in [9.17, 15) is 0 Å². The number of aryl methyl sites for hydroxylation is 2. The zero-order valence-electron chi connectivity index (χ0n) is 9.29. The largest absolute Gasteiger partial charge is 0.466 e. The van der Waals surface area contributed by atoms with Crippen LogP contribution in [0, 0.1) is 13.8 Å². The van der Waals surface area contributed by atoms with Crippen LogP contribution < -0.4 is 5.32 Å². The predicted octanol–water partition coefficient (Wildman–Crippen LogP) is 1.93. The molecule has 0 saturated carbocycles. The molecule has 1 aromatic rings. The molecule has 0 saturated heterocycles. The van der Waals surface area contributed by atoms with Crippen LogP contribution >= 0.6 is 0 Å². The monoisotopic (exact) mass is 197 g/mol. The molecule has 0 aliphatic heterocycles. The second kappa shape index (κ2) is 4.62. The van der Waals surface area contributed by atoms with Gasteiger partial charge >= 0.3 is 0 Å². The average molecular weight is 197 g/mol. The van der Waals surface area contributed by atoms with Crippen LogP contribution in [0.4, 0.5) is 0 Å². The molecule has 0 bridgehead atoms. The molecule has 1 unspecified atom stereocenters. The first-order valence-corrected chi connectivity index (χ1v) is 4.98. The third-order valence-electron chi connectivity index (χ3n) is 2.35. The molecule has 1 heterocycles. The lowest BCUT2D eigenvalue weighted by Crippen LogP contribution is -2.31. The number of nitrogens with one attached hydrogen (secondary N) is 1. The standard InChI is InChI=1S/C11H19NO2/c1-7(6-13)12-9(3)11-5-8(2)14-10(11)4/h5,7,9,12-13H,6H2,1-4H3/t7-,9?/m1/s1. The second-order valence-electron chi connectivity index (χ2n) is 3.84. The Labute approximate surface area is 85.1 Å². The zero-order valence-corrected chi connectivity index (χ0v) is 9.29. The summed E-state index contributed by atoms with van der Waals surface area (Å²) >= 11 is 0. The van der Waals surface area contributed by atoms with Crippen molar-refractivity contribution < 1.29 is 9.52 Å². The molecule has 0 aromatic carbocycles. The molecule has 3 heteroatoms. The molecular weight excluding hydrogens is 178 g/mol. The van der Waals surface area contributed by atoms with E-state index in [1.54, 1.807) is 0 Å². The van der Waals surface area contributed by atoms with E-state index >= 15 is 0 Å². The van der Waals surface area contributed by atoms with Crippen LogP contribution in [-0.2, 0) is 0 Å². The Morgan fingerprint density at radius 3 is 2.50 bits per heavy atom. The molecule has 0 fully saturated rings. The van der Waals surface area contributed by atoms with Gasteiger partial charge in [-0.2, -0.15) is 0 Å². The van der Waals surface area contributed by atoms with Crippen LogP contribution in [0.1, 0.15) is 37.0 Å². The molecule has 0 spiro atoms. The minimum absolute atomic E-state index is 0.111. The van der Waals surface area contributed by atoms with Crippen molar-refractivity contribution in [2.75, 3.05) is 6.61 Å². The van der Waals surface area contributed by atoms with Gasteiger partial charge in [0.05, 0.1) is 6.61 Å².